The lowest BCUT2D eigenvalue weighted by atomic mass is 10.2. The number of nitrogens with zero attached hydrogens (tertiary/aromatic N) is 3. The van der Waals surface area contributed by atoms with Crippen LogP contribution in [-0.2, 0) is 10.0 Å². The highest BCUT2D eigenvalue weighted by atomic mass is 35.5. The van der Waals surface area contributed by atoms with Crippen LogP contribution in [0, 0.1) is 20.8 Å². The molecule has 0 aliphatic heterocycles. The highest BCUT2D eigenvalue weighted by Gasteiger charge is 2.18. The van der Waals surface area contributed by atoms with Crippen molar-refractivity contribution in [3.8, 4) is 5.82 Å². The Morgan fingerprint density at radius 2 is 1.71 bits per heavy atom. The Bertz CT molecular complexity index is 1480. The first kappa shape index (κ1) is 23.5. The van der Waals surface area contributed by atoms with Crippen molar-refractivity contribution in [2.75, 3.05) is 10.0 Å². The molecule has 2 N–H and O–H groups in total. The van der Waals surface area contributed by atoms with Crippen molar-refractivity contribution >= 4 is 38.9 Å². The molecule has 0 atom stereocenters. The quantitative estimate of drug-likeness (QED) is 0.395. The first-order chi connectivity index (χ1) is 16.1. The van der Waals surface area contributed by atoms with Gasteiger partial charge in [0.1, 0.15) is 5.69 Å². The fourth-order valence-electron chi connectivity index (χ4n) is 3.37. The maximum Gasteiger partial charge on any atom is 0.275 e. The average molecular weight is 496 g/mol. The summed E-state index contributed by atoms with van der Waals surface area (Å²) in [5.74, 6) is -0.0746. The summed E-state index contributed by atoms with van der Waals surface area (Å²) in [5, 5.41) is 7.31. The normalized spacial score (nSPS) is 11.3. The Balaban J connectivity index is 1.60. The van der Waals surface area contributed by atoms with Gasteiger partial charge in [-0.05, 0) is 68.8 Å². The highest BCUT2D eigenvalue weighted by molar-refractivity contribution is 7.92. The number of amides is 1. The number of aryl methyl sites for hydroxylation is 3. The van der Waals surface area contributed by atoms with Gasteiger partial charge in [0.25, 0.3) is 15.9 Å². The minimum absolute atomic E-state index is 0.0266. The molecule has 0 unspecified atom stereocenters. The Labute approximate surface area is 202 Å². The van der Waals surface area contributed by atoms with Gasteiger partial charge in [-0.15, -0.1) is 0 Å². The van der Waals surface area contributed by atoms with E-state index in [1.54, 1.807) is 60.1 Å². The number of benzene rings is 2. The topological polar surface area (TPSA) is 106 Å². The number of hydrogen-bond acceptors (Lipinski definition) is 5. The van der Waals surface area contributed by atoms with Crippen molar-refractivity contribution in [3.63, 3.8) is 0 Å². The monoisotopic (exact) mass is 495 g/mol. The Kier molecular flexibility index (Phi) is 6.41. The van der Waals surface area contributed by atoms with Crippen LogP contribution in [0.15, 0.2) is 71.6 Å². The van der Waals surface area contributed by atoms with E-state index in [4.69, 9.17) is 11.6 Å². The van der Waals surface area contributed by atoms with Crippen LogP contribution < -0.4 is 10.0 Å². The lowest BCUT2D eigenvalue weighted by Gasteiger charge is -2.13. The van der Waals surface area contributed by atoms with E-state index in [-0.39, 0.29) is 15.6 Å². The summed E-state index contributed by atoms with van der Waals surface area (Å²) in [5.41, 5.74) is 3.14. The first-order valence-electron chi connectivity index (χ1n) is 10.3. The third kappa shape index (κ3) is 4.95. The number of aromatic nitrogens is 3. The van der Waals surface area contributed by atoms with Crippen molar-refractivity contribution < 1.29 is 13.2 Å². The number of hydrogen-bond donors (Lipinski definition) is 2. The van der Waals surface area contributed by atoms with E-state index in [1.807, 2.05) is 19.9 Å². The molecule has 34 heavy (non-hydrogen) atoms. The second kappa shape index (κ2) is 9.28. The van der Waals surface area contributed by atoms with Gasteiger partial charge in [0.2, 0.25) is 0 Å². The smallest absolute Gasteiger partial charge is 0.275 e. The Hall–Kier alpha value is -3.69. The second-order valence-electron chi connectivity index (χ2n) is 7.74. The maximum atomic E-state index is 13.0. The van der Waals surface area contributed by atoms with Crippen LogP contribution in [0.4, 0.5) is 11.4 Å². The van der Waals surface area contributed by atoms with Crippen molar-refractivity contribution in [3.05, 3.63) is 94.4 Å². The molecular weight excluding hydrogens is 474 g/mol. The molecule has 10 heteroatoms. The minimum atomic E-state index is -3.78. The van der Waals surface area contributed by atoms with Crippen LogP contribution in [0.3, 0.4) is 0 Å². The molecule has 0 radical (unpaired) electrons. The lowest BCUT2D eigenvalue weighted by molar-refractivity contribution is 0.102. The third-order valence-corrected chi connectivity index (χ3v) is 6.75. The van der Waals surface area contributed by atoms with E-state index >= 15 is 0 Å². The molecule has 2 heterocycles. The largest absolute Gasteiger partial charge is 0.321 e. The molecule has 174 valence electrons. The zero-order chi connectivity index (χ0) is 24.5. The van der Waals surface area contributed by atoms with Crippen LogP contribution in [0.25, 0.3) is 5.82 Å². The number of pyridine rings is 1. The number of carbonyl (C=O) groups is 1. The van der Waals surface area contributed by atoms with E-state index < -0.39 is 15.9 Å². The van der Waals surface area contributed by atoms with Gasteiger partial charge in [-0.2, -0.15) is 5.10 Å². The summed E-state index contributed by atoms with van der Waals surface area (Å²) >= 11 is 6.26. The fraction of sp³-hybridized carbons (Fsp3) is 0.125. The van der Waals surface area contributed by atoms with Crippen molar-refractivity contribution in [2.45, 2.75) is 25.7 Å². The molecule has 2 aromatic heterocycles. The molecule has 0 bridgehead atoms. The second-order valence-corrected chi connectivity index (χ2v) is 9.83. The number of anilines is 2. The zero-order valence-electron chi connectivity index (χ0n) is 18.7. The number of rotatable bonds is 6. The van der Waals surface area contributed by atoms with E-state index in [1.165, 1.54) is 12.1 Å². The van der Waals surface area contributed by atoms with Gasteiger partial charge in [-0.3, -0.25) is 9.52 Å². The minimum Gasteiger partial charge on any atom is -0.321 e. The van der Waals surface area contributed by atoms with Crippen LogP contribution in [-0.4, -0.2) is 29.1 Å². The summed E-state index contributed by atoms with van der Waals surface area (Å²) in [6.45, 7) is 5.53. The van der Waals surface area contributed by atoms with E-state index in [0.717, 1.165) is 11.4 Å². The molecule has 4 rings (SSSR count). The predicted octanol–water partition coefficient (Wildman–Crippen LogP) is 4.90. The molecule has 0 aliphatic carbocycles. The van der Waals surface area contributed by atoms with Crippen LogP contribution in [0.2, 0.25) is 5.02 Å². The molecule has 0 fully saturated rings. The summed E-state index contributed by atoms with van der Waals surface area (Å²) < 4.78 is 29.6. The van der Waals surface area contributed by atoms with Gasteiger partial charge in [0.15, 0.2) is 5.82 Å². The van der Waals surface area contributed by atoms with Crippen LogP contribution >= 0.6 is 11.6 Å². The highest BCUT2D eigenvalue weighted by Crippen LogP contribution is 2.25. The Morgan fingerprint density at radius 1 is 0.971 bits per heavy atom. The lowest BCUT2D eigenvalue weighted by Crippen LogP contribution is -2.17. The van der Waals surface area contributed by atoms with Crippen LogP contribution in [0.1, 0.15) is 27.4 Å². The van der Waals surface area contributed by atoms with Crippen LogP contribution in [0.5, 0.6) is 0 Å². The molecule has 0 spiro atoms. The standard InChI is InChI=1S/C24H22ClN5O3S/c1-15-9-10-18(14-21(15)29-34(32,33)19-7-5-4-6-8-19)26-24(31)23-20(25)11-12-22(27-23)30-17(3)13-16(2)28-30/h4-14,29H,1-3H3,(H,26,31). The Morgan fingerprint density at radius 3 is 2.38 bits per heavy atom. The van der Waals surface area contributed by atoms with Gasteiger partial charge >= 0.3 is 0 Å². The number of nitrogens with one attached hydrogen (secondary N) is 2. The van der Waals surface area contributed by atoms with E-state index in [9.17, 15) is 13.2 Å². The molecular formula is C24H22ClN5O3S. The first-order valence-corrected chi connectivity index (χ1v) is 12.2. The SMILES string of the molecule is Cc1cc(C)n(-c2ccc(Cl)c(C(=O)Nc3ccc(C)c(NS(=O)(=O)c4ccccc4)c3)n2)n1. The molecule has 0 saturated heterocycles. The molecule has 0 aliphatic rings. The average Bonchev–Trinajstić information content (AvgIpc) is 3.14. The van der Waals surface area contributed by atoms with E-state index in [0.29, 0.717) is 22.8 Å². The number of sulfonamides is 1. The van der Waals surface area contributed by atoms with Gasteiger partial charge in [-0.25, -0.2) is 18.1 Å². The molecule has 4 aromatic rings. The van der Waals surface area contributed by atoms with Gasteiger partial charge in [0.05, 0.1) is 21.3 Å². The predicted molar refractivity (Wildman–Crippen MR) is 132 cm³/mol. The summed E-state index contributed by atoms with van der Waals surface area (Å²) in [7, 11) is -3.78. The number of carbonyl (C=O) groups excluding carboxylic acids is 1. The summed E-state index contributed by atoms with van der Waals surface area (Å²) in [6.07, 6.45) is 0. The number of halogens is 1. The van der Waals surface area contributed by atoms with Gasteiger partial charge in [0, 0.05) is 11.4 Å². The van der Waals surface area contributed by atoms with Gasteiger partial charge in [-0.1, -0.05) is 35.9 Å². The third-order valence-electron chi connectivity index (χ3n) is 5.07. The van der Waals surface area contributed by atoms with E-state index in [2.05, 4.69) is 20.1 Å². The fourth-order valence-corrected chi connectivity index (χ4v) is 4.71. The summed E-state index contributed by atoms with van der Waals surface area (Å²) in [4.78, 5) is 17.5. The molecule has 2 aromatic carbocycles. The maximum absolute atomic E-state index is 13.0. The van der Waals surface area contributed by atoms with Crippen molar-refractivity contribution in [1.29, 1.82) is 0 Å². The molecule has 0 saturated carbocycles. The molecule has 1 amide bonds. The van der Waals surface area contributed by atoms with Crippen molar-refractivity contribution in [1.82, 2.24) is 14.8 Å². The van der Waals surface area contributed by atoms with Gasteiger partial charge < -0.3 is 5.32 Å². The molecule has 8 nitrogen and oxygen atoms in total. The summed E-state index contributed by atoms with van der Waals surface area (Å²) in [6, 6.07) is 18.1. The van der Waals surface area contributed by atoms with Crippen molar-refractivity contribution in [2.24, 2.45) is 0 Å². The zero-order valence-corrected chi connectivity index (χ0v) is 20.3.